The molecule has 0 saturated heterocycles. The van der Waals surface area contributed by atoms with E-state index in [4.69, 9.17) is 4.42 Å². The molecule has 0 unspecified atom stereocenters. The number of fused-ring (bicyclic) bond motifs is 2. The lowest BCUT2D eigenvalue weighted by atomic mass is 10.1. The van der Waals surface area contributed by atoms with Gasteiger partial charge in [0, 0.05) is 0 Å². The van der Waals surface area contributed by atoms with Crippen LogP contribution < -0.4 is 5.43 Å². The molecule has 0 radical (unpaired) electrons. The first-order valence-corrected chi connectivity index (χ1v) is 5.28. The van der Waals surface area contributed by atoms with Gasteiger partial charge in [0.05, 0.1) is 10.8 Å². The van der Waals surface area contributed by atoms with E-state index < -0.39 is 5.82 Å². The van der Waals surface area contributed by atoms with Crippen molar-refractivity contribution in [3.63, 3.8) is 0 Å². The average molecular weight is 228 g/mol. The number of hydrogen-bond donors (Lipinski definition) is 0. The van der Waals surface area contributed by atoms with Crippen LogP contribution in [0.15, 0.2) is 45.6 Å². The minimum absolute atomic E-state index is 0.0237. The van der Waals surface area contributed by atoms with E-state index in [1.54, 1.807) is 18.2 Å². The molecule has 84 valence electrons. The summed E-state index contributed by atoms with van der Waals surface area (Å²) in [4.78, 5) is 12.1. The quantitative estimate of drug-likeness (QED) is 0.552. The van der Waals surface area contributed by atoms with Gasteiger partial charge in [-0.1, -0.05) is 12.1 Å². The van der Waals surface area contributed by atoms with E-state index in [2.05, 4.69) is 0 Å². The highest BCUT2D eigenvalue weighted by atomic mass is 19.1. The lowest BCUT2D eigenvalue weighted by Crippen LogP contribution is -2.02. The molecule has 3 heteroatoms. The number of rotatable bonds is 0. The van der Waals surface area contributed by atoms with Crippen LogP contribution in [0.2, 0.25) is 0 Å². The summed E-state index contributed by atoms with van der Waals surface area (Å²) in [7, 11) is 0. The molecule has 0 aliphatic rings. The van der Waals surface area contributed by atoms with E-state index in [1.165, 1.54) is 12.1 Å². The first-order chi connectivity index (χ1) is 8.16. The molecular weight excluding hydrogens is 219 g/mol. The maximum atomic E-state index is 13.6. The van der Waals surface area contributed by atoms with Crippen molar-refractivity contribution in [1.82, 2.24) is 0 Å². The summed E-state index contributed by atoms with van der Waals surface area (Å²) in [5.74, 6) is -0.511. The minimum atomic E-state index is -0.511. The van der Waals surface area contributed by atoms with Gasteiger partial charge in [0.2, 0.25) is 5.43 Å². The maximum absolute atomic E-state index is 13.6. The molecule has 0 atom stereocenters. The number of benzene rings is 2. The third-order valence-electron chi connectivity index (χ3n) is 2.81. The van der Waals surface area contributed by atoms with Crippen molar-refractivity contribution in [2.24, 2.45) is 0 Å². The van der Waals surface area contributed by atoms with Gasteiger partial charge in [0.25, 0.3) is 0 Å². The van der Waals surface area contributed by atoms with Crippen LogP contribution in [-0.2, 0) is 0 Å². The first-order valence-electron chi connectivity index (χ1n) is 5.28. The Morgan fingerprint density at radius 2 is 1.94 bits per heavy atom. The van der Waals surface area contributed by atoms with Crippen LogP contribution in [0.25, 0.3) is 21.9 Å². The monoisotopic (exact) mass is 228 g/mol. The third kappa shape index (κ3) is 1.43. The smallest absolute Gasteiger partial charge is 0.200 e. The molecule has 0 spiro atoms. The Hall–Kier alpha value is -2.16. The van der Waals surface area contributed by atoms with E-state index >= 15 is 0 Å². The van der Waals surface area contributed by atoms with Gasteiger partial charge in [0.15, 0.2) is 11.4 Å². The number of hydrogen-bond acceptors (Lipinski definition) is 2. The van der Waals surface area contributed by atoms with Crippen LogP contribution in [0.4, 0.5) is 4.39 Å². The van der Waals surface area contributed by atoms with Crippen LogP contribution in [-0.4, -0.2) is 0 Å². The summed E-state index contributed by atoms with van der Waals surface area (Å²) in [6.07, 6.45) is 0. The number of para-hydroxylation sites is 1. The summed E-state index contributed by atoms with van der Waals surface area (Å²) >= 11 is 0. The summed E-state index contributed by atoms with van der Waals surface area (Å²) < 4.78 is 19.0. The van der Waals surface area contributed by atoms with Crippen molar-refractivity contribution in [3.8, 4) is 0 Å². The number of halogens is 1. The maximum Gasteiger partial charge on any atom is 0.200 e. The van der Waals surface area contributed by atoms with Gasteiger partial charge in [-0.25, -0.2) is 4.39 Å². The van der Waals surface area contributed by atoms with Gasteiger partial charge in [0.1, 0.15) is 5.58 Å². The molecule has 0 saturated carbocycles. The van der Waals surface area contributed by atoms with Crippen molar-refractivity contribution in [2.75, 3.05) is 0 Å². The molecule has 0 aliphatic heterocycles. The van der Waals surface area contributed by atoms with Crippen molar-refractivity contribution >= 4 is 21.9 Å². The van der Waals surface area contributed by atoms with Crippen LogP contribution >= 0.6 is 0 Å². The minimum Gasteiger partial charge on any atom is -0.453 e. The molecule has 0 bridgehead atoms. The predicted molar refractivity (Wildman–Crippen MR) is 64.7 cm³/mol. The van der Waals surface area contributed by atoms with Crippen molar-refractivity contribution in [1.29, 1.82) is 0 Å². The topological polar surface area (TPSA) is 30.2 Å². The second-order valence-electron chi connectivity index (χ2n) is 4.05. The van der Waals surface area contributed by atoms with Gasteiger partial charge >= 0.3 is 0 Å². The fraction of sp³-hybridized carbons (Fsp3) is 0.0714. The van der Waals surface area contributed by atoms with Crippen LogP contribution in [0.3, 0.4) is 0 Å². The molecule has 3 rings (SSSR count). The Morgan fingerprint density at radius 3 is 2.76 bits per heavy atom. The van der Waals surface area contributed by atoms with Crippen molar-refractivity contribution in [2.45, 2.75) is 6.92 Å². The molecule has 0 fully saturated rings. The van der Waals surface area contributed by atoms with Gasteiger partial charge in [-0.2, -0.15) is 0 Å². The zero-order valence-electron chi connectivity index (χ0n) is 9.16. The lowest BCUT2D eigenvalue weighted by Gasteiger charge is -2.02. The van der Waals surface area contributed by atoms with E-state index in [1.807, 2.05) is 13.0 Å². The summed E-state index contributed by atoms with van der Waals surface area (Å²) in [5.41, 5.74) is 1.22. The first kappa shape index (κ1) is 10.0. The van der Waals surface area contributed by atoms with Gasteiger partial charge in [-0.15, -0.1) is 0 Å². The van der Waals surface area contributed by atoms with E-state index in [-0.39, 0.29) is 16.4 Å². The zero-order chi connectivity index (χ0) is 12.0. The Bertz CT molecular complexity index is 787. The van der Waals surface area contributed by atoms with Crippen LogP contribution in [0.1, 0.15) is 5.56 Å². The Morgan fingerprint density at radius 1 is 1.12 bits per heavy atom. The van der Waals surface area contributed by atoms with Crippen molar-refractivity contribution in [3.05, 3.63) is 58.0 Å². The van der Waals surface area contributed by atoms with E-state index in [0.29, 0.717) is 11.0 Å². The van der Waals surface area contributed by atoms with Gasteiger partial charge < -0.3 is 4.42 Å². The lowest BCUT2D eigenvalue weighted by molar-refractivity contribution is 0.579. The summed E-state index contributed by atoms with van der Waals surface area (Å²) in [5, 5.41) is 0.759. The fourth-order valence-corrected chi connectivity index (χ4v) is 1.95. The summed E-state index contributed by atoms with van der Waals surface area (Å²) in [6, 6.07) is 9.65. The average Bonchev–Trinajstić information content (AvgIpc) is 2.30. The molecule has 0 amide bonds. The third-order valence-corrected chi connectivity index (χ3v) is 2.81. The second-order valence-corrected chi connectivity index (χ2v) is 4.05. The van der Waals surface area contributed by atoms with Gasteiger partial charge in [-0.3, -0.25) is 4.79 Å². The molecule has 2 nitrogen and oxygen atoms in total. The molecule has 0 N–H and O–H groups in total. The van der Waals surface area contributed by atoms with Crippen LogP contribution in [0.5, 0.6) is 0 Å². The largest absolute Gasteiger partial charge is 0.453 e. The fourth-order valence-electron chi connectivity index (χ4n) is 1.95. The molecule has 3 aromatic rings. The predicted octanol–water partition coefficient (Wildman–Crippen LogP) is 3.39. The molecule has 17 heavy (non-hydrogen) atoms. The molecule has 1 aromatic heterocycles. The van der Waals surface area contributed by atoms with Crippen LogP contribution in [0, 0.1) is 12.7 Å². The summed E-state index contributed by atoms with van der Waals surface area (Å²) in [6.45, 7) is 1.89. The highest BCUT2D eigenvalue weighted by Gasteiger charge is 2.10. The molecular formula is C14H9FO2. The molecule has 2 aromatic carbocycles. The highest BCUT2D eigenvalue weighted by Crippen LogP contribution is 2.21. The van der Waals surface area contributed by atoms with Gasteiger partial charge in [-0.05, 0) is 36.8 Å². The standard InChI is InChI=1S/C14H9FO2/c1-8-5-6-9-12(7-8)17-14-10(13(9)16)3-2-4-11(14)15/h2-7H,1H3. The Balaban J connectivity index is 2.62. The Labute approximate surface area is 96.3 Å². The normalized spacial score (nSPS) is 11.2. The SMILES string of the molecule is Cc1ccc2c(=O)c3cccc(F)c3oc2c1. The van der Waals surface area contributed by atoms with E-state index in [9.17, 15) is 9.18 Å². The molecule has 1 heterocycles. The number of aryl methyl sites for hydroxylation is 1. The van der Waals surface area contributed by atoms with Crippen molar-refractivity contribution < 1.29 is 8.81 Å². The highest BCUT2D eigenvalue weighted by molar-refractivity contribution is 5.90. The Kier molecular flexibility index (Phi) is 2.01. The second kappa shape index (κ2) is 3.42. The molecule has 0 aliphatic carbocycles. The van der Waals surface area contributed by atoms with E-state index in [0.717, 1.165) is 5.56 Å². The zero-order valence-corrected chi connectivity index (χ0v) is 9.16.